The number of hydrogen-bond acceptors (Lipinski definition) is 5. The zero-order valence-electron chi connectivity index (χ0n) is 21.2. The molecular formula is C30H36N6. The van der Waals surface area contributed by atoms with Gasteiger partial charge >= 0.3 is 0 Å². The van der Waals surface area contributed by atoms with Gasteiger partial charge in [-0.2, -0.15) is 0 Å². The molecule has 2 fully saturated rings. The lowest BCUT2D eigenvalue weighted by atomic mass is 9.83. The number of nitrogens with zero attached hydrogens (tertiary/aromatic N) is 4. The lowest BCUT2D eigenvalue weighted by Gasteiger charge is -2.41. The topological polar surface area (TPSA) is 74.1 Å². The first-order chi connectivity index (χ1) is 17.7. The van der Waals surface area contributed by atoms with Crippen molar-refractivity contribution in [2.24, 2.45) is 0 Å². The van der Waals surface area contributed by atoms with Gasteiger partial charge in [0, 0.05) is 43.8 Å². The molecule has 0 amide bonds. The van der Waals surface area contributed by atoms with E-state index in [9.17, 15) is 0 Å². The highest BCUT2D eigenvalue weighted by atomic mass is 15.3. The third kappa shape index (κ3) is 4.63. The number of nitrogens with two attached hydrogens (primary N) is 1. The number of likely N-dealkylation sites (N-methyl/N-ethyl adjacent to an activating group) is 1. The Morgan fingerprint density at radius 2 is 1.56 bits per heavy atom. The summed E-state index contributed by atoms with van der Waals surface area (Å²) in [5.74, 6) is 1.04. The van der Waals surface area contributed by atoms with Gasteiger partial charge in [-0.3, -0.25) is 4.90 Å². The first-order valence-corrected chi connectivity index (χ1v) is 13.3. The molecule has 3 heterocycles. The zero-order valence-corrected chi connectivity index (χ0v) is 21.2. The van der Waals surface area contributed by atoms with E-state index in [1.54, 1.807) is 6.33 Å². The Hall–Kier alpha value is -3.22. The van der Waals surface area contributed by atoms with E-state index in [0.717, 1.165) is 28.6 Å². The summed E-state index contributed by atoms with van der Waals surface area (Å²) in [4.78, 5) is 18.0. The van der Waals surface area contributed by atoms with Gasteiger partial charge in [0.25, 0.3) is 0 Å². The van der Waals surface area contributed by atoms with E-state index in [1.165, 1.54) is 68.7 Å². The number of rotatable bonds is 5. The zero-order chi connectivity index (χ0) is 24.5. The summed E-state index contributed by atoms with van der Waals surface area (Å²) in [6.07, 6.45) is 7.41. The van der Waals surface area contributed by atoms with E-state index in [-0.39, 0.29) is 0 Å². The summed E-state index contributed by atoms with van der Waals surface area (Å²) in [5.41, 5.74) is 13.5. The van der Waals surface area contributed by atoms with Crippen LogP contribution in [0, 0.1) is 0 Å². The van der Waals surface area contributed by atoms with E-state index in [0.29, 0.717) is 17.8 Å². The Kier molecular flexibility index (Phi) is 6.46. The Morgan fingerprint density at radius 3 is 2.28 bits per heavy atom. The van der Waals surface area contributed by atoms with Gasteiger partial charge in [0.2, 0.25) is 0 Å². The molecule has 1 aliphatic carbocycles. The minimum atomic E-state index is 0.483. The lowest BCUT2D eigenvalue weighted by Crippen LogP contribution is -2.49. The molecule has 0 unspecified atom stereocenters. The fourth-order valence-corrected chi connectivity index (χ4v) is 6.16. The van der Waals surface area contributed by atoms with E-state index >= 15 is 0 Å². The van der Waals surface area contributed by atoms with E-state index < -0.39 is 0 Å². The summed E-state index contributed by atoms with van der Waals surface area (Å²) in [6, 6.07) is 20.2. The summed E-state index contributed by atoms with van der Waals surface area (Å²) in [5, 5.41) is 0.963. The third-order valence-electron chi connectivity index (χ3n) is 8.29. The van der Waals surface area contributed by atoms with Crippen LogP contribution in [0.2, 0.25) is 0 Å². The first kappa shape index (κ1) is 23.2. The predicted molar refractivity (Wildman–Crippen MR) is 147 cm³/mol. The molecule has 1 saturated carbocycles. The number of aromatic nitrogens is 3. The molecule has 1 saturated heterocycles. The molecule has 0 radical (unpaired) electrons. The summed E-state index contributed by atoms with van der Waals surface area (Å²) in [7, 11) is 2.23. The highest BCUT2D eigenvalue weighted by Crippen LogP contribution is 2.41. The number of anilines is 1. The minimum Gasteiger partial charge on any atom is -0.383 e. The number of hydrogen-bond donors (Lipinski definition) is 2. The minimum absolute atomic E-state index is 0.483. The van der Waals surface area contributed by atoms with Crippen LogP contribution in [0.4, 0.5) is 5.82 Å². The summed E-state index contributed by atoms with van der Waals surface area (Å²) in [6.45, 7) is 4.77. The van der Waals surface area contributed by atoms with Gasteiger partial charge in [-0.15, -0.1) is 0 Å². The molecule has 2 aromatic carbocycles. The summed E-state index contributed by atoms with van der Waals surface area (Å²) >= 11 is 0. The van der Waals surface area contributed by atoms with Crippen molar-refractivity contribution in [3.8, 4) is 11.3 Å². The van der Waals surface area contributed by atoms with Crippen molar-refractivity contribution in [3.63, 3.8) is 0 Å². The van der Waals surface area contributed by atoms with Crippen LogP contribution in [-0.2, 0) is 6.42 Å². The van der Waals surface area contributed by atoms with E-state index in [4.69, 9.17) is 10.7 Å². The largest absolute Gasteiger partial charge is 0.383 e. The van der Waals surface area contributed by atoms with Gasteiger partial charge in [0.15, 0.2) is 0 Å². The van der Waals surface area contributed by atoms with Gasteiger partial charge in [-0.1, -0.05) is 54.6 Å². The van der Waals surface area contributed by atoms with Crippen LogP contribution < -0.4 is 5.73 Å². The predicted octanol–water partition coefficient (Wildman–Crippen LogP) is 5.07. The number of piperazine rings is 1. The molecule has 2 aliphatic rings. The fraction of sp³-hybridized carbons (Fsp3) is 0.400. The average molecular weight is 481 g/mol. The molecular weight excluding hydrogens is 444 g/mol. The molecule has 6 nitrogen and oxygen atoms in total. The van der Waals surface area contributed by atoms with Crippen LogP contribution in [0.5, 0.6) is 0 Å². The number of benzene rings is 2. The quantitative estimate of drug-likeness (QED) is 0.417. The van der Waals surface area contributed by atoms with Gasteiger partial charge < -0.3 is 15.6 Å². The lowest BCUT2D eigenvalue weighted by molar-refractivity contribution is 0.0877. The second kappa shape index (κ2) is 10.0. The standard InChI is InChI=1S/C30H36N6/c1-35-15-17-36(18-16-35)25-13-11-24(12-14-25)28-29-26(30(31)33-20-32-29)27(34-28)23-9-7-22(8-10-23)19-21-5-3-2-4-6-21/h2-10,20,24-25,34H,11-19H2,1H3,(H2,31,32,33). The second-order valence-electron chi connectivity index (χ2n) is 10.6. The SMILES string of the molecule is CN1CCN(C2CCC(c3[nH]c(-c4ccc(Cc5ccccc5)cc4)c4c(N)ncnc34)CC2)CC1. The fourth-order valence-electron chi connectivity index (χ4n) is 6.16. The normalized spacial score (nSPS) is 21.7. The van der Waals surface area contributed by atoms with Crippen LogP contribution in [0.1, 0.15) is 48.4 Å². The van der Waals surface area contributed by atoms with Crippen LogP contribution in [0.15, 0.2) is 60.9 Å². The second-order valence-corrected chi connectivity index (χ2v) is 10.6. The Morgan fingerprint density at radius 1 is 0.861 bits per heavy atom. The molecule has 0 spiro atoms. The molecule has 36 heavy (non-hydrogen) atoms. The van der Waals surface area contributed by atoms with Crippen molar-refractivity contribution in [2.75, 3.05) is 39.0 Å². The van der Waals surface area contributed by atoms with Gasteiger partial charge in [-0.05, 0) is 55.8 Å². The molecule has 1 aliphatic heterocycles. The average Bonchev–Trinajstić information content (AvgIpc) is 3.31. The number of nitrogens with one attached hydrogen (secondary N) is 1. The number of H-pyrrole nitrogens is 1. The van der Waals surface area contributed by atoms with Crippen LogP contribution in [0.3, 0.4) is 0 Å². The van der Waals surface area contributed by atoms with Gasteiger partial charge in [-0.25, -0.2) is 9.97 Å². The molecule has 0 bridgehead atoms. The highest BCUT2D eigenvalue weighted by Gasteiger charge is 2.31. The maximum absolute atomic E-state index is 6.42. The van der Waals surface area contributed by atoms with E-state index in [1.807, 2.05) is 0 Å². The first-order valence-electron chi connectivity index (χ1n) is 13.3. The number of nitrogen functional groups attached to an aromatic ring is 1. The maximum Gasteiger partial charge on any atom is 0.136 e. The van der Waals surface area contributed by atoms with Crippen molar-refractivity contribution < 1.29 is 0 Å². The molecule has 6 heteroatoms. The van der Waals surface area contributed by atoms with Crippen molar-refractivity contribution in [2.45, 2.75) is 44.1 Å². The number of fused-ring (bicyclic) bond motifs is 1. The van der Waals surface area contributed by atoms with Crippen molar-refractivity contribution >= 4 is 16.7 Å². The smallest absolute Gasteiger partial charge is 0.136 e. The molecule has 4 aromatic rings. The van der Waals surface area contributed by atoms with Crippen molar-refractivity contribution in [1.29, 1.82) is 0 Å². The Labute approximate surface area is 213 Å². The van der Waals surface area contributed by atoms with E-state index in [2.05, 4.69) is 81.4 Å². The van der Waals surface area contributed by atoms with Crippen molar-refractivity contribution in [3.05, 3.63) is 77.7 Å². The molecule has 3 N–H and O–H groups in total. The molecule has 6 rings (SSSR count). The monoisotopic (exact) mass is 480 g/mol. The molecule has 2 aromatic heterocycles. The third-order valence-corrected chi connectivity index (χ3v) is 8.29. The van der Waals surface area contributed by atoms with Gasteiger partial charge in [0.1, 0.15) is 12.1 Å². The molecule has 0 atom stereocenters. The van der Waals surface area contributed by atoms with Crippen LogP contribution >= 0.6 is 0 Å². The van der Waals surface area contributed by atoms with Gasteiger partial charge in [0.05, 0.1) is 16.6 Å². The number of aromatic amines is 1. The summed E-state index contributed by atoms with van der Waals surface area (Å²) < 4.78 is 0. The maximum atomic E-state index is 6.42. The molecule has 186 valence electrons. The highest BCUT2D eigenvalue weighted by molar-refractivity contribution is 6.02. The van der Waals surface area contributed by atoms with Crippen molar-refractivity contribution in [1.82, 2.24) is 24.8 Å². The van der Waals surface area contributed by atoms with Crippen LogP contribution in [0.25, 0.3) is 22.2 Å². The Bertz CT molecular complexity index is 1300. The Balaban J connectivity index is 1.24. The van der Waals surface area contributed by atoms with Crippen LogP contribution in [-0.4, -0.2) is 64.0 Å².